The molecule has 0 bridgehead atoms. The van der Waals surface area contributed by atoms with Crippen LogP contribution < -0.4 is 70.4 Å². The molecule has 2 fully saturated rings. The predicted octanol–water partition coefficient (Wildman–Crippen LogP) is 0.0569. The normalized spacial score (nSPS) is 19.2. The van der Waals surface area contributed by atoms with Gasteiger partial charge in [-0.05, 0) is 116 Å². The monoisotopic (exact) mass is 1390 g/mol. The van der Waals surface area contributed by atoms with Crippen molar-refractivity contribution < 1.29 is 67.7 Å². The zero-order valence-corrected chi connectivity index (χ0v) is 57.2. The van der Waals surface area contributed by atoms with Gasteiger partial charge >= 0.3 is 0 Å². The first-order chi connectivity index (χ1) is 47.1. The van der Waals surface area contributed by atoms with Crippen molar-refractivity contribution in [2.75, 3.05) is 19.7 Å². The van der Waals surface area contributed by atoms with Crippen LogP contribution in [-0.2, 0) is 76.8 Å². The molecule has 0 radical (unpaired) electrons. The highest BCUT2D eigenvalue weighted by atomic mass is 35.5. The van der Waals surface area contributed by atoms with Crippen molar-refractivity contribution in [2.24, 2.45) is 28.1 Å². The summed E-state index contributed by atoms with van der Waals surface area (Å²) in [6.07, 6.45) is 0.912. The minimum absolute atomic E-state index is 0.0118. The second-order valence-corrected chi connectivity index (χ2v) is 26.0. The SMILES string of the molecule is CCCCC1CC(C(=O)N[C@@H](CO)C(=O)N[C@@H](Cc2ccc(O)cc2)C(=O)NC(Cc2ccc3ccccc3c2)C(=O)N[C@H](CC(C)C)C(=O)N[C@@H](CCCN=C(N)N)C(=O)N2CCC[C@@H]2C(=O)NC(C)C(N)=O)NC(=O)CCC(NC(C)=O)C(=O)N[C@H](Cc2ccc(Cl)cc2)C(=O)N1. The molecule has 30 heteroatoms. The molecule has 536 valence electrons. The van der Waals surface area contributed by atoms with E-state index in [0.29, 0.717) is 41.0 Å². The quantitative estimate of drug-likeness (QED) is 0.0180. The van der Waals surface area contributed by atoms with Gasteiger partial charge in [-0.3, -0.25) is 62.5 Å². The standard InChI is InChI=1S/C69H94ClN15O14/c1-6-7-14-47-36-55(78-58(89)28-27-49(76-40(5)87)60(91)81-52(61(92)77-47)33-41-18-23-46(70)24-19-41)65(96)84-56(37-86)66(97)83-53(34-42-20-25-48(88)26-21-42)63(94)82-54(35-43-17-22-44-12-8-9-13-45(44)32-43)64(95)80-51(31-38(2)3)62(93)79-50(15-10-29-74-69(72)73)68(99)85-30-11-16-57(85)67(98)75-39(4)59(71)90/h8-9,12-13,17-26,32,38-39,47,49-57,86,88H,6-7,10-11,14-16,27-31,33-37H2,1-5H3,(H2,71,90)(H,75,98)(H,76,87)(H,77,92)(H,78,89)(H,79,93)(H,80,95)(H,81,91)(H,82,94)(H,83,97)(H,84,96)(H4,72,73,74)/t39?,47?,49?,50-,51+,52+,53-,54?,55?,56-,57+/m0/s1. The maximum Gasteiger partial charge on any atom is 0.245 e. The first-order valence-corrected chi connectivity index (χ1v) is 33.7. The van der Waals surface area contributed by atoms with Gasteiger partial charge in [0.25, 0.3) is 0 Å². The smallest absolute Gasteiger partial charge is 0.245 e. The molecule has 11 atom stereocenters. The summed E-state index contributed by atoms with van der Waals surface area (Å²) in [5, 5.41) is 50.1. The Morgan fingerprint density at radius 1 is 0.677 bits per heavy atom. The minimum atomic E-state index is -1.82. The van der Waals surface area contributed by atoms with E-state index in [1.165, 1.54) is 43.0 Å². The molecule has 18 N–H and O–H groups in total. The third kappa shape index (κ3) is 24.9. The Bertz CT molecular complexity index is 3540. The van der Waals surface area contributed by atoms with Crippen molar-refractivity contribution in [1.82, 2.24) is 58.1 Å². The highest BCUT2D eigenvalue weighted by molar-refractivity contribution is 6.30. The molecule has 0 aliphatic carbocycles. The molecule has 6 rings (SSSR count). The largest absolute Gasteiger partial charge is 0.508 e. The maximum atomic E-state index is 15.1. The van der Waals surface area contributed by atoms with Gasteiger partial charge in [-0.25, -0.2) is 0 Å². The Hall–Kier alpha value is -9.90. The molecule has 4 aromatic carbocycles. The highest BCUT2D eigenvalue weighted by Gasteiger charge is 2.41. The van der Waals surface area contributed by atoms with Crippen LogP contribution in [0.5, 0.6) is 5.75 Å². The molecule has 0 saturated carbocycles. The van der Waals surface area contributed by atoms with Crippen molar-refractivity contribution >= 4 is 99.2 Å². The van der Waals surface area contributed by atoms with Gasteiger partial charge in [-0.2, -0.15) is 0 Å². The number of aliphatic imine (C=N–C) groups is 1. The predicted molar refractivity (Wildman–Crippen MR) is 369 cm³/mol. The number of carbonyl (C=O) groups excluding carboxylic acids is 12. The summed E-state index contributed by atoms with van der Waals surface area (Å²) < 4.78 is 0. The number of hydrogen-bond donors (Lipinski definition) is 15. The molecule has 29 nitrogen and oxygen atoms in total. The molecule has 2 heterocycles. The molecular weight excluding hydrogens is 1300 g/mol. The number of hydrogen-bond acceptors (Lipinski definition) is 15. The number of fused-ring (bicyclic) bond motifs is 1. The van der Waals surface area contributed by atoms with Crippen LogP contribution >= 0.6 is 11.6 Å². The van der Waals surface area contributed by atoms with Gasteiger partial charge in [-0.1, -0.05) is 112 Å². The second kappa shape index (κ2) is 38.3. The van der Waals surface area contributed by atoms with Crippen LogP contribution in [0.15, 0.2) is 96.0 Å². The summed E-state index contributed by atoms with van der Waals surface area (Å²) in [5.74, 6) is -10.0. The molecule has 2 aliphatic rings. The number of amides is 12. The van der Waals surface area contributed by atoms with Gasteiger partial charge in [0.05, 0.1) is 6.61 Å². The lowest BCUT2D eigenvalue weighted by atomic mass is 9.98. The average Bonchev–Trinajstić information content (AvgIpc) is 1.82. The number of primary amides is 1. The van der Waals surface area contributed by atoms with E-state index in [4.69, 9.17) is 28.8 Å². The number of halogens is 1. The van der Waals surface area contributed by atoms with Crippen LogP contribution in [0, 0.1) is 5.92 Å². The van der Waals surface area contributed by atoms with Crippen LogP contribution in [0.1, 0.15) is 122 Å². The van der Waals surface area contributed by atoms with Crippen LogP contribution in [0.3, 0.4) is 0 Å². The zero-order chi connectivity index (χ0) is 72.5. The van der Waals surface area contributed by atoms with Gasteiger partial charge in [0.1, 0.15) is 66.2 Å². The molecule has 12 amide bonds. The van der Waals surface area contributed by atoms with Crippen LogP contribution in [0.25, 0.3) is 10.8 Å². The van der Waals surface area contributed by atoms with Crippen LogP contribution in [0.2, 0.25) is 5.02 Å². The highest BCUT2D eigenvalue weighted by Crippen LogP contribution is 2.23. The summed E-state index contributed by atoms with van der Waals surface area (Å²) in [6, 6.07) is 10.6. The van der Waals surface area contributed by atoms with Crippen molar-refractivity contribution in [3.63, 3.8) is 0 Å². The average molecular weight is 1390 g/mol. The first kappa shape index (κ1) is 78.1. The second-order valence-electron chi connectivity index (χ2n) is 25.5. The number of aliphatic hydroxyl groups is 1. The topological polar surface area (TPSA) is 459 Å². The summed E-state index contributed by atoms with van der Waals surface area (Å²) in [6.45, 7) is 7.24. The van der Waals surface area contributed by atoms with Crippen LogP contribution in [0.4, 0.5) is 0 Å². The Labute approximate surface area is 579 Å². The number of guanidine groups is 1. The number of phenols is 1. The van der Waals surface area contributed by atoms with Gasteiger partial charge in [-0.15, -0.1) is 0 Å². The fourth-order valence-corrected chi connectivity index (χ4v) is 11.8. The molecule has 0 spiro atoms. The molecule has 5 unspecified atom stereocenters. The number of nitrogens with one attached hydrogen (secondary N) is 10. The van der Waals surface area contributed by atoms with Crippen LogP contribution in [-0.4, -0.2) is 178 Å². The lowest BCUT2D eigenvalue weighted by molar-refractivity contribution is -0.142. The van der Waals surface area contributed by atoms with Crippen molar-refractivity contribution in [2.45, 2.75) is 191 Å². The Morgan fingerprint density at radius 2 is 1.28 bits per heavy atom. The Morgan fingerprint density at radius 3 is 1.91 bits per heavy atom. The number of aromatic hydroxyl groups is 1. The molecule has 0 aromatic heterocycles. The number of aliphatic hydroxyl groups excluding tert-OH is 1. The molecular formula is C69H94ClN15O14. The number of nitrogens with two attached hydrogens (primary N) is 3. The Kier molecular flexibility index (Phi) is 30.2. The van der Waals surface area contributed by atoms with E-state index in [-0.39, 0.29) is 94.9 Å². The van der Waals surface area contributed by atoms with E-state index in [1.54, 1.807) is 44.2 Å². The fourth-order valence-electron chi connectivity index (χ4n) is 11.7. The lowest BCUT2D eigenvalue weighted by Gasteiger charge is -2.31. The number of carbonyl (C=O) groups is 12. The minimum Gasteiger partial charge on any atom is -0.508 e. The van der Waals surface area contributed by atoms with Gasteiger partial charge in [0.2, 0.25) is 70.9 Å². The third-order valence-electron chi connectivity index (χ3n) is 17.0. The van der Waals surface area contributed by atoms with Gasteiger partial charge < -0.3 is 85.5 Å². The number of rotatable bonds is 31. The summed E-state index contributed by atoms with van der Waals surface area (Å²) >= 11 is 6.15. The number of phenolic OH excluding ortho intramolecular Hbond substituents is 1. The van der Waals surface area contributed by atoms with E-state index >= 15 is 9.59 Å². The van der Waals surface area contributed by atoms with Crippen molar-refractivity contribution in [3.05, 3.63) is 113 Å². The molecule has 4 aromatic rings. The van der Waals surface area contributed by atoms with Gasteiger partial charge in [0.15, 0.2) is 5.96 Å². The summed E-state index contributed by atoms with van der Waals surface area (Å²) in [7, 11) is 0. The van der Waals surface area contributed by atoms with E-state index in [9.17, 15) is 58.2 Å². The number of likely N-dealkylation sites (tertiary alicyclic amines) is 1. The van der Waals surface area contributed by atoms with E-state index in [0.717, 1.165) is 10.8 Å². The lowest BCUT2D eigenvalue weighted by Crippen LogP contribution is -2.61. The first-order valence-electron chi connectivity index (χ1n) is 33.4. The van der Waals surface area contributed by atoms with Crippen molar-refractivity contribution in [1.29, 1.82) is 0 Å². The number of benzene rings is 4. The third-order valence-corrected chi connectivity index (χ3v) is 17.3. The zero-order valence-electron chi connectivity index (χ0n) is 56.4. The number of unbranched alkanes of at least 4 members (excludes halogenated alkanes) is 1. The van der Waals surface area contributed by atoms with E-state index < -0.39 is 150 Å². The van der Waals surface area contributed by atoms with E-state index in [1.807, 2.05) is 43.3 Å². The van der Waals surface area contributed by atoms with E-state index in [2.05, 4.69) is 58.2 Å². The Balaban J connectivity index is 1.30. The molecule has 99 heavy (non-hydrogen) atoms. The molecule has 2 saturated heterocycles. The fraction of sp³-hybridized carbons (Fsp3) is 0.493. The van der Waals surface area contributed by atoms with Gasteiger partial charge in [0, 0.05) is 56.8 Å². The number of nitrogens with zero attached hydrogens (tertiary/aromatic N) is 2. The summed E-state index contributed by atoms with van der Waals surface area (Å²) in [5.41, 5.74) is 18.2. The maximum absolute atomic E-state index is 15.1. The summed E-state index contributed by atoms with van der Waals surface area (Å²) in [4.78, 5) is 174. The van der Waals surface area contributed by atoms with Crippen molar-refractivity contribution in [3.8, 4) is 5.75 Å². The molecule has 2 aliphatic heterocycles.